The molecule has 4 rings (SSSR count). The van der Waals surface area contributed by atoms with Crippen LogP contribution in [0.2, 0.25) is 0 Å². The molecular weight excluding hydrogens is 410 g/mol. The SMILES string of the molecule is COc1ccc(CN(Cc2ccncc2)C2CC(C)(C)NC(C)(C)C2)cc1Cn1cccn1. The Kier molecular flexibility index (Phi) is 6.86. The summed E-state index contributed by atoms with van der Waals surface area (Å²) in [6.45, 7) is 11.8. The highest BCUT2D eigenvalue weighted by atomic mass is 16.5. The van der Waals surface area contributed by atoms with Gasteiger partial charge in [0.1, 0.15) is 5.75 Å². The van der Waals surface area contributed by atoms with E-state index < -0.39 is 0 Å². The minimum atomic E-state index is 0.0913. The second kappa shape index (κ2) is 9.65. The Morgan fingerprint density at radius 2 is 1.70 bits per heavy atom. The molecule has 1 N–H and O–H groups in total. The van der Waals surface area contributed by atoms with E-state index in [-0.39, 0.29) is 11.1 Å². The number of rotatable bonds is 8. The minimum Gasteiger partial charge on any atom is -0.496 e. The van der Waals surface area contributed by atoms with Gasteiger partial charge in [-0.3, -0.25) is 14.6 Å². The molecule has 1 aliphatic heterocycles. The second-order valence-corrected chi connectivity index (χ2v) is 10.6. The van der Waals surface area contributed by atoms with Gasteiger partial charge in [-0.25, -0.2) is 0 Å². The van der Waals surface area contributed by atoms with Crippen molar-refractivity contribution in [2.45, 2.75) is 77.3 Å². The highest BCUT2D eigenvalue weighted by Gasteiger charge is 2.39. The van der Waals surface area contributed by atoms with Crippen LogP contribution < -0.4 is 10.1 Å². The molecule has 176 valence electrons. The van der Waals surface area contributed by atoms with Gasteiger partial charge in [-0.2, -0.15) is 5.10 Å². The molecule has 0 atom stereocenters. The first-order valence-corrected chi connectivity index (χ1v) is 11.8. The Morgan fingerprint density at radius 3 is 2.33 bits per heavy atom. The minimum absolute atomic E-state index is 0.0913. The molecule has 1 aromatic carbocycles. The van der Waals surface area contributed by atoms with Crippen molar-refractivity contribution in [3.63, 3.8) is 0 Å². The van der Waals surface area contributed by atoms with Crippen LogP contribution in [0.1, 0.15) is 57.2 Å². The van der Waals surface area contributed by atoms with E-state index in [4.69, 9.17) is 4.74 Å². The number of piperidine rings is 1. The van der Waals surface area contributed by atoms with E-state index >= 15 is 0 Å². The molecule has 1 fully saturated rings. The maximum atomic E-state index is 5.65. The number of nitrogens with zero attached hydrogens (tertiary/aromatic N) is 4. The molecule has 33 heavy (non-hydrogen) atoms. The fourth-order valence-electron chi connectivity index (χ4n) is 5.42. The second-order valence-electron chi connectivity index (χ2n) is 10.6. The highest BCUT2D eigenvalue weighted by Crippen LogP contribution is 2.33. The summed E-state index contributed by atoms with van der Waals surface area (Å²) in [5.74, 6) is 0.902. The van der Waals surface area contributed by atoms with E-state index in [1.165, 1.54) is 11.1 Å². The number of benzene rings is 1. The summed E-state index contributed by atoms with van der Waals surface area (Å²) in [7, 11) is 1.73. The maximum absolute atomic E-state index is 5.65. The third-order valence-corrected chi connectivity index (χ3v) is 6.44. The summed E-state index contributed by atoms with van der Waals surface area (Å²) in [4.78, 5) is 6.85. The van der Waals surface area contributed by atoms with Crippen LogP contribution in [0, 0.1) is 0 Å². The zero-order valence-corrected chi connectivity index (χ0v) is 20.6. The van der Waals surface area contributed by atoms with Crippen molar-refractivity contribution in [1.29, 1.82) is 0 Å². The van der Waals surface area contributed by atoms with Crippen molar-refractivity contribution in [3.8, 4) is 5.75 Å². The Bertz CT molecular complexity index is 1010. The number of hydrogen-bond donors (Lipinski definition) is 1. The van der Waals surface area contributed by atoms with Gasteiger partial charge >= 0.3 is 0 Å². The number of methoxy groups -OCH3 is 1. The topological polar surface area (TPSA) is 55.2 Å². The van der Waals surface area contributed by atoms with Crippen LogP contribution in [0.15, 0.2) is 61.2 Å². The van der Waals surface area contributed by atoms with Crippen molar-refractivity contribution in [2.75, 3.05) is 7.11 Å². The number of aromatic nitrogens is 3. The van der Waals surface area contributed by atoms with Crippen molar-refractivity contribution >= 4 is 0 Å². The Labute approximate surface area is 198 Å². The van der Waals surface area contributed by atoms with Crippen LogP contribution in [0.4, 0.5) is 0 Å². The molecule has 0 saturated carbocycles. The number of ether oxygens (including phenoxy) is 1. The number of nitrogens with one attached hydrogen (secondary N) is 1. The average Bonchev–Trinajstić information content (AvgIpc) is 3.25. The summed E-state index contributed by atoms with van der Waals surface area (Å²) >= 11 is 0. The zero-order chi connectivity index (χ0) is 23.5. The fourth-order valence-corrected chi connectivity index (χ4v) is 5.42. The predicted octanol–water partition coefficient (Wildman–Crippen LogP) is 4.65. The third kappa shape index (κ3) is 6.21. The summed E-state index contributed by atoms with van der Waals surface area (Å²) in [6.07, 6.45) is 9.79. The van der Waals surface area contributed by atoms with Gasteiger partial charge in [0.15, 0.2) is 0 Å². The molecule has 0 unspecified atom stereocenters. The third-order valence-electron chi connectivity index (χ3n) is 6.44. The van der Waals surface area contributed by atoms with Crippen LogP contribution >= 0.6 is 0 Å². The van der Waals surface area contributed by atoms with Crippen LogP contribution in [0.25, 0.3) is 0 Å². The van der Waals surface area contributed by atoms with Crippen LogP contribution in [0.5, 0.6) is 5.75 Å². The van der Waals surface area contributed by atoms with Crippen molar-refractivity contribution in [2.24, 2.45) is 0 Å². The zero-order valence-electron chi connectivity index (χ0n) is 20.6. The standard InChI is InChI=1S/C27H37N5O/c1-26(2)16-24(17-27(3,4)30-26)31(18-21-9-12-28-13-10-21)19-22-7-8-25(33-5)23(15-22)20-32-14-6-11-29-32/h6-15,24,30H,16-20H2,1-5H3. The highest BCUT2D eigenvalue weighted by molar-refractivity contribution is 5.37. The van der Waals surface area contributed by atoms with Gasteiger partial charge in [0.2, 0.25) is 0 Å². The van der Waals surface area contributed by atoms with Crippen LogP contribution in [-0.2, 0) is 19.6 Å². The normalized spacial score (nSPS) is 17.9. The molecule has 0 aliphatic carbocycles. The smallest absolute Gasteiger partial charge is 0.123 e. The van der Waals surface area contributed by atoms with Gasteiger partial charge in [0.05, 0.1) is 13.7 Å². The fraction of sp³-hybridized carbons (Fsp3) is 0.481. The number of hydrogen-bond acceptors (Lipinski definition) is 5. The quantitative estimate of drug-likeness (QED) is 0.545. The van der Waals surface area contributed by atoms with Gasteiger partial charge in [0.25, 0.3) is 0 Å². The first kappa shape index (κ1) is 23.5. The van der Waals surface area contributed by atoms with Gasteiger partial charge in [-0.1, -0.05) is 6.07 Å². The lowest BCUT2D eigenvalue weighted by atomic mass is 9.78. The molecule has 2 aromatic heterocycles. The van der Waals surface area contributed by atoms with E-state index in [1.54, 1.807) is 7.11 Å². The summed E-state index contributed by atoms with van der Waals surface area (Å²) < 4.78 is 7.59. The van der Waals surface area contributed by atoms with E-state index in [0.29, 0.717) is 12.6 Å². The lowest BCUT2D eigenvalue weighted by Gasteiger charge is -2.50. The summed E-state index contributed by atoms with van der Waals surface area (Å²) in [5, 5.41) is 8.21. The van der Waals surface area contributed by atoms with Crippen molar-refractivity contribution in [1.82, 2.24) is 25.0 Å². The van der Waals surface area contributed by atoms with E-state index in [2.05, 4.69) is 78.3 Å². The summed E-state index contributed by atoms with van der Waals surface area (Å²) in [6, 6.07) is 13.2. The van der Waals surface area contributed by atoms with Crippen LogP contribution in [0.3, 0.4) is 0 Å². The predicted molar refractivity (Wildman–Crippen MR) is 132 cm³/mol. The lowest BCUT2D eigenvalue weighted by Crippen LogP contribution is -2.62. The first-order chi connectivity index (χ1) is 15.7. The largest absolute Gasteiger partial charge is 0.496 e. The monoisotopic (exact) mass is 447 g/mol. The van der Waals surface area contributed by atoms with E-state index in [9.17, 15) is 0 Å². The molecule has 6 heteroatoms. The van der Waals surface area contributed by atoms with Gasteiger partial charge in [-0.05, 0) is 82.0 Å². The first-order valence-electron chi connectivity index (χ1n) is 11.8. The van der Waals surface area contributed by atoms with Crippen LogP contribution in [-0.4, -0.2) is 43.9 Å². The van der Waals surface area contributed by atoms with Gasteiger partial charge in [-0.15, -0.1) is 0 Å². The molecule has 0 radical (unpaired) electrons. The molecular formula is C27H37N5O. The molecule has 0 bridgehead atoms. The Hall–Kier alpha value is -2.70. The lowest BCUT2D eigenvalue weighted by molar-refractivity contribution is 0.0563. The molecule has 6 nitrogen and oxygen atoms in total. The summed E-state index contributed by atoms with van der Waals surface area (Å²) in [5.41, 5.74) is 3.92. The molecule has 1 saturated heterocycles. The number of pyridine rings is 1. The average molecular weight is 448 g/mol. The van der Waals surface area contributed by atoms with E-state index in [1.807, 2.05) is 35.5 Å². The molecule has 0 amide bonds. The molecule has 0 spiro atoms. The molecule has 1 aliphatic rings. The van der Waals surface area contributed by atoms with Gasteiger partial charge < -0.3 is 10.1 Å². The van der Waals surface area contributed by atoms with Gasteiger partial charge in [0, 0.05) is 60.6 Å². The Balaban J connectivity index is 1.62. The van der Waals surface area contributed by atoms with Crippen molar-refractivity contribution < 1.29 is 4.74 Å². The maximum Gasteiger partial charge on any atom is 0.123 e. The molecule has 3 aromatic rings. The molecule has 3 heterocycles. The van der Waals surface area contributed by atoms with Crippen molar-refractivity contribution in [3.05, 3.63) is 77.9 Å². The van der Waals surface area contributed by atoms with E-state index in [0.717, 1.165) is 37.2 Å². The Morgan fingerprint density at radius 1 is 1.00 bits per heavy atom.